The highest BCUT2D eigenvalue weighted by Gasteiger charge is 2.69. The van der Waals surface area contributed by atoms with Crippen LogP contribution in [0.3, 0.4) is 0 Å². The third-order valence-corrected chi connectivity index (χ3v) is 14.0. The molecule has 2 bridgehead atoms. The fourth-order valence-corrected chi connectivity index (χ4v) is 11.9. The first kappa shape index (κ1) is 33.7. The number of aromatic nitrogens is 1. The van der Waals surface area contributed by atoms with E-state index in [-0.39, 0.29) is 57.1 Å². The Morgan fingerprint density at radius 3 is 2.35 bits per heavy atom. The van der Waals surface area contributed by atoms with E-state index < -0.39 is 27.8 Å². The first-order chi connectivity index (χ1) is 24.4. The van der Waals surface area contributed by atoms with Crippen LogP contribution in [0, 0.1) is 36.5 Å². The van der Waals surface area contributed by atoms with Crippen LogP contribution in [-0.4, -0.2) is 49.6 Å². The quantitative estimate of drug-likeness (QED) is 0.208. The van der Waals surface area contributed by atoms with Crippen molar-refractivity contribution in [2.45, 2.75) is 41.4 Å². The third kappa shape index (κ3) is 5.76. The summed E-state index contributed by atoms with van der Waals surface area (Å²) in [5.74, 6) is -1.06. The van der Waals surface area contributed by atoms with Gasteiger partial charge < -0.3 is 19.8 Å². The topological polar surface area (TPSA) is 178 Å². The number of fused-ring (bicyclic) bond motifs is 9. The van der Waals surface area contributed by atoms with Crippen LogP contribution in [0.15, 0.2) is 81.4 Å². The van der Waals surface area contributed by atoms with Crippen molar-refractivity contribution in [1.82, 2.24) is 4.98 Å². The maximum absolute atomic E-state index is 14.1. The van der Waals surface area contributed by atoms with Gasteiger partial charge in [0.15, 0.2) is 18.1 Å². The summed E-state index contributed by atoms with van der Waals surface area (Å²) < 4.78 is 35.0. The summed E-state index contributed by atoms with van der Waals surface area (Å²) in [7, 11) is -3.86. The minimum atomic E-state index is -3.86. The summed E-state index contributed by atoms with van der Waals surface area (Å²) in [6.07, 6.45) is 0.770. The molecule has 0 unspecified atom stereocenters. The fraction of sp³-hybridized carbons (Fsp3) is 0.333. The summed E-state index contributed by atoms with van der Waals surface area (Å²) in [4.78, 5) is 58.6. The van der Waals surface area contributed by atoms with Crippen molar-refractivity contribution < 1.29 is 32.3 Å². The van der Waals surface area contributed by atoms with Crippen molar-refractivity contribution in [2.24, 2.45) is 34.7 Å². The number of aryl methyl sites for hydroxylation is 1. The molecule has 0 radical (unpaired) electrons. The monoisotopic (exact) mass is 746 g/mol. The van der Waals surface area contributed by atoms with Crippen LogP contribution in [0.1, 0.15) is 35.3 Å². The highest BCUT2D eigenvalue weighted by Crippen LogP contribution is 2.68. The number of nitrogens with zero attached hydrogens (tertiary/aromatic N) is 1. The molecule has 7 atom stereocenters. The number of hydrogen-bond acceptors (Lipinski definition) is 10. The van der Waals surface area contributed by atoms with Gasteiger partial charge in [-0.1, -0.05) is 35.1 Å². The molecule has 3 heterocycles. The molecule has 2 aliphatic carbocycles. The Labute approximate surface area is 301 Å². The maximum Gasteiger partial charge on any atom is 0.305 e. The second-order valence-electron chi connectivity index (χ2n) is 13.4. The van der Waals surface area contributed by atoms with E-state index in [1.54, 1.807) is 17.8 Å². The molecule has 1 aromatic heterocycles. The average molecular weight is 747 g/mol. The van der Waals surface area contributed by atoms with Crippen molar-refractivity contribution in [3.8, 4) is 11.5 Å². The molecule has 4 aliphatic rings. The van der Waals surface area contributed by atoms with Gasteiger partial charge in [0.2, 0.25) is 21.8 Å². The molecule has 12 nitrogen and oxygen atoms in total. The zero-order valence-corrected chi connectivity index (χ0v) is 30.0. The number of carbonyl (C=O) groups is 3. The standard InChI is InChI=1S/C36H34N4O8S3/c1-3-47-25-14-18(6-13-24(25)48-16-26(41)38-19-7-11-21(12-8-19)51(37,45)46)27-28-22-15-23(31(28)49-33-32(27)50-36(44)39-33)30-29(22)34(42)40(35(30)43)20-9-4-17(2)5-10-20/h4-14,22-23,27-31H,3,15-16H2,1-2H3,(H,38,41)(H,39,44)(H2,37,45,46)/t22-,23-,27+,28-,29+,30+,31-/m1/s1. The predicted molar refractivity (Wildman–Crippen MR) is 192 cm³/mol. The number of amides is 3. The van der Waals surface area contributed by atoms with Crippen molar-refractivity contribution in [1.29, 1.82) is 0 Å². The Morgan fingerprint density at radius 1 is 0.961 bits per heavy atom. The van der Waals surface area contributed by atoms with Crippen molar-refractivity contribution in [2.75, 3.05) is 23.4 Å². The number of nitrogens with one attached hydrogen (secondary N) is 2. The number of sulfonamides is 1. The second kappa shape index (κ2) is 12.7. The van der Waals surface area contributed by atoms with Gasteiger partial charge in [0.05, 0.1) is 34.1 Å². The number of H-pyrrole nitrogens is 1. The van der Waals surface area contributed by atoms with Crippen LogP contribution in [-0.2, 0) is 24.4 Å². The van der Waals surface area contributed by atoms with E-state index >= 15 is 0 Å². The fourth-order valence-electron chi connectivity index (χ4n) is 8.51. The molecule has 4 aromatic rings. The van der Waals surface area contributed by atoms with Crippen LogP contribution >= 0.6 is 23.1 Å². The molecule has 4 N–H and O–H groups in total. The lowest BCUT2D eigenvalue weighted by Gasteiger charge is -2.43. The molecule has 51 heavy (non-hydrogen) atoms. The largest absolute Gasteiger partial charge is 0.490 e. The number of ether oxygens (including phenoxy) is 2. The maximum atomic E-state index is 14.1. The highest BCUT2D eigenvalue weighted by molar-refractivity contribution is 8.00. The lowest BCUT2D eigenvalue weighted by molar-refractivity contribution is -0.123. The number of rotatable bonds is 9. The summed E-state index contributed by atoms with van der Waals surface area (Å²) in [6, 6.07) is 18.5. The smallest absolute Gasteiger partial charge is 0.305 e. The number of imide groups is 1. The van der Waals surface area contributed by atoms with Crippen LogP contribution in [0.2, 0.25) is 0 Å². The van der Waals surface area contributed by atoms with Crippen molar-refractivity contribution >= 4 is 62.2 Å². The van der Waals surface area contributed by atoms with Gasteiger partial charge in [-0.25, -0.2) is 13.6 Å². The van der Waals surface area contributed by atoms with Crippen LogP contribution in [0.4, 0.5) is 11.4 Å². The SMILES string of the molecule is CCOc1cc([C@@H]2c3sc(=O)[nH]c3S[C@@H]3[C@@H]4C[C@@H]([C@@H]5C(=O)N(c6ccc(C)cc6)C(=O)[C@@H]45)[C@H]23)ccc1OCC(=O)Nc1ccc(S(N)(=O)=O)cc1. The van der Waals surface area contributed by atoms with Gasteiger partial charge in [-0.2, -0.15) is 0 Å². The number of primary sulfonamides is 1. The van der Waals surface area contributed by atoms with E-state index in [1.807, 2.05) is 50.2 Å². The van der Waals surface area contributed by atoms with E-state index in [0.29, 0.717) is 29.5 Å². The number of thioether (sulfide) groups is 1. The average Bonchev–Trinajstić information content (AvgIpc) is 3.83. The Morgan fingerprint density at radius 2 is 1.67 bits per heavy atom. The molecule has 3 amide bonds. The molecule has 2 aliphatic heterocycles. The Kier molecular flexibility index (Phi) is 8.36. The van der Waals surface area contributed by atoms with Crippen molar-refractivity contribution in [3.63, 3.8) is 0 Å². The van der Waals surface area contributed by atoms with Gasteiger partial charge in [-0.05, 0) is 92.1 Å². The zero-order valence-electron chi connectivity index (χ0n) is 27.5. The molecule has 8 rings (SSSR count). The Hall–Kier alpha value is -4.44. The summed E-state index contributed by atoms with van der Waals surface area (Å²) in [5, 5.41) is 8.66. The van der Waals surface area contributed by atoms with Gasteiger partial charge in [0, 0.05) is 21.7 Å². The predicted octanol–water partition coefficient (Wildman–Crippen LogP) is 4.49. The normalized spacial score (nSPS) is 26.1. The molecule has 1 saturated heterocycles. The zero-order chi connectivity index (χ0) is 35.8. The molecule has 2 saturated carbocycles. The number of hydrogen-bond donors (Lipinski definition) is 3. The molecule has 3 fully saturated rings. The molecule has 3 aromatic carbocycles. The summed E-state index contributed by atoms with van der Waals surface area (Å²) in [5.41, 5.74) is 2.92. The number of anilines is 2. The first-order valence-corrected chi connectivity index (χ1v) is 19.8. The Bertz CT molecular complexity index is 2230. The number of carbonyl (C=O) groups excluding carboxylic acids is 3. The minimum Gasteiger partial charge on any atom is -0.490 e. The van der Waals surface area contributed by atoms with Crippen LogP contribution < -0.4 is 29.7 Å². The van der Waals surface area contributed by atoms with E-state index in [4.69, 9.17) is 14.6 Å². The van der Waals surface area contributed by atoms with Gasteiger partial charge in [-0.3, -0.25) is 24.1 Å². The minimum absolute atomic E-state index is 0.00240. The summed E-state index contributed by atoms with van der Waals surface area (Å²) in [6.45, 7) is 3.80. The van der Waals surface area contributed by atoms with Gasteiger partial charge >= 0.3 is 4.87 Å². The molecular formula is C36H34N4O8S3. The molecule has 264 valence electrons. The number of benzene rings is 3. The van der Waals surface area contributed by atoms with Gasteiger partial charge in [-0.15, -0.1) is 11.8 Å². The van der Waals surface area contributed by atoms with Crippen LogP contribution in [0.5, 0.6) is 11.5 Å². The number of aromatic amines is 1. The van der Waals surface area contributed by atoms with Crippen LogP contribution in [0.25, 0.3) is 0 Å². The van der Waals surface area contributed by atoms with E-state index in [2.05, 4.69) is 10.3 Å². The van der Waals surface area contributed by atoms with E-state index in [9.17, 15) is 27.6 Å². The molecule has 0 spiro atoms. The third-order valence-electron chi connectivity index (χ3n) is 10.5. The van der Waals surface area contributed by atoms with Gasteiger partial charge in [0.1, 0.15) is 0 Å². The number of nitrogens with two attached hydrogens (primary N) is 1. The molecule has 15 heteroatoms. The van der Waals surface area contributed by atoms with Crippen molar-refractivity contribution in [3.05, 3.63) is 92.4 Å². The Balaban J connectivity index is 1.07. The summed E-state index contributed by atoms with van der Waals surface area (Å²) >= 11 is 2.80. The second-order valence-corrected chi connectivity index (χ2v) is 17.1. The molecular weight excluding hydrogens is 713 g/mol. The highest BCUT2D eigenvalue weighted by atomic mass is 32.2. The van der Waals surface area contributed by atoms with E-state index in [0.717, 1.165) is 27.5 Å². The lowest BCUT2D eigenvalue weighted by atomic mass is 9.68. The first-order valence-electron chi connectivity index (χ1n) is 16.6. The van der Waals surface area contributed by atoms with Gasteiger partial charge in [0.25, 0.3) is 5.91 Å². The number of thiazole rings is 1. The lowest BCUT2D eigenvalue weighted by Crippen LogP contribution is -2.42. The van der Waals surface area contributed by atoms with E-state index in [1.165, 1.54) is 40.5 Å².